The Hall–Kier alpha value is -0.930. The van der Waals surface area contributed by atoms with Gasteiger partial charge >= 0.3 is 0 Å². The van der Waals surface area contributed by atoms with Crippen LogP contribution in [0.3, 0.4) is 0 Å². The summed E-state index contributed by atoms with van der Waals surface area (Å²) in [6.07, 6.45) is 2.88. The van der Waals surface area contributed by atoms with Crippen molar-refractivity contribution in [3.63, 3.8) is 0 Å². The van der Waals surface area contributed by atoms with E-state index in [1.165, 1.54) is 25.3 Å². The molecule has 2 nitrogen and oxygen atoms in total. The standard InChI is InChI=1S/C16H26FNO/c1-4-5-8-11-18(3)12-13(2)16(19)14-9-6-7-10-15(14)17/h6-7,9-10,13,16,19H,4-5,8,11-12H2,1-3H3. The monoisotopic (exact) mass is 267 g/mol. The minimum atomic E-state index is -0.741. The van der Waals surface area contributed by atoms with E-state index in [9.17, 15) is 9.50 Å². The Morgan fingerprint density at radius 2 is 1.95 bits per heavy atom. The number of aliphatic hydroxyl groups is 1. The van der Waals surface area contributed by atoms with E-state index in [0.717, 1.165) is 13.1 Å². The van der Waals surface area contributed by atoms with Crippen molar-refractivity contribution >= 4 is 0 Å². The van der Waals surface area contributed by atoms with E-state index in [1.54, 1.807) is 18.2 Å². The summed E-state index contributed by atoms with van der Waals surface area (Å²) in [4.78, 5) is 2.21. The molecule has 0 aliphatic carbocycles. The van der Waals surface area contributed by atoms with Crippen molar-refractivity contribution in [3.8, 4) is 0 Å². The number of benzene rings is 1. The molecule has 1 aromatic rings. The Morgan fingerprint density at radius 3 is 2.58 bits per heavy atom. The molecule has 108 valence electrons. The highest BCUT2D eigenvalue weighted by molar-refractivity contribution is 5.20. The first-order valence-corrected chi connectivity index (χ1v) is 7.17. The predicted molar refractivity (Wildman–Crippen MR) is 77.5 cm³/mol. The number of rotatable bonds is 8. The maximum Gasteiger partial charge on any atom is 0.129 e. The zero-order chi connectivity index (χ0) is 14.3. The van der Waals surface area contributed by atoms with Crippen molar-refractivity contribution in [2.75, 3.05) is 20.1 Å². The number of aliphatic hydroxyl groups excluding tert-OH is 1. The molecular formula is C16H26FNO. The van der Waals surface area contributed by atoms with Gasteiger partial charge in [0, 0.05) is 12.1 Å². The molecule has 0 radical (unpaired) electrons. The third-order valence-electron chi connectivity index (χ3n) is 3.51. The zero-order valence-electron chi connectivity index (χ0n) is 12.3. The van der Waals surface area contributed by atoms with Gasteiger partial charge in [-0.2, -0.15) is 0 Å². The second-order valence-corrected chi connectivity index (χ2v) is 5.41. The average molecular weight is 267 g/mol. The highest BCUT2D eigenvalue weighted by atomic mass is 19.1. The van der Waals surface area contributed by atoms with E-state index in [-0.39, 0.29) is 11.7 Å². The summed E-state index contributed by atoms with van der Waals surface area (Å²) in [6.45, 7) is 5.96. The molecule has 0 bridgehead atoms. The lowest BCUT2D eigenvalue weighted by atomic mass is 9.96. The van der Waals surface area contributed by atoms with Gasteiger partial charge in [0.2, 0.25) is 0 Å². The quantitative estimate of drug-likeness (QED) is 0.727. The molecule has 2 atom stereocenters. The van der Waals surface area contributed by atoms with Crippen LogP contribution in [-0.2, 0) is 0 Å². The first kappa shape index (κ1) is 16.1. The fourth-order valence-electron chi connectivity index (χ4n) is 2.34. The van der Waals surface area contributed by atoms with Crippen LogP contribution in [-0.4, -0.2) is 30.1 Å². The van der Waals surface area contributed by atoms with Gasteiger partial charge in [-0.15, -0.1) is 0 Å². The Kier molecular flexibility index (Phi) is 7.03. The summed E-state index contributed by atoms with van der Waals surface area (Å²) in [5, 5.41) is 10.2. The van der Waals surface area contributed by atoms with Crippen LogP contribution in [0.25, 0.3) is 0 Å². The molecule has 0 amide bonds. The SMILES string of the molecule is CCCCCN(C)CC(C)C(O)c1ccccc1F. The third-order valence-corrected chi connectivity index (χ3v) is 3.51. The summed E-state index contributed by atoms with van der Waals surface area (Å²) < 4.78 is 13.6. The maximum atomic E-state index is 13.6. The minimum absolute atomic E-state index is 0.0172. The number of hydrogen-bond donors (Lipinski definition) is 1. The third kappa shape index (κ3) is 5.29. The maximum absolute atomic E-state index is 13.6. The molecule has 2 unspecified atom stereocenters. The minimum Gasteiger partial charge on any atom is -0.388 e. The van der Waals surface area contributed by atoms with Gasteiger partial charge in [-0.1, -0.05) is 44.9 Å². The van der Waals surface area contributed by atoms with Gasteiger partial charge in [0.1, 0.15) is 5.82 Å². The van der Waals surface area contributed by atoms with Crippen LogP contribution in [0.2, 0.25) is 0 Å². The van der Waals surface area contributed by atoms with E-state index >= 15 is 0 Å². The first-order chi connectivity index (χ1) is 9.06. The van der Waals surface area contributed by atoms with Gasteiger partial charge in [0.15, 0.2) is 0 Å². The molecule has 0 aromatic heterocycles. The molecular weight excluding hydrogens is 241 g/mol. The second-order valence-electron chi connectivity index (χ2n) is 5.41. The van der Waals surface area contributed by atoms with E-state index in [1.807, 2.05) is 6.92 Å². The Balaban J connectivity index is 2.48. The molecule has 1 aromatic carbocycles. The van der Waals surface area contributed by atoms with Crippen molar-refractivity contribution in [1.29, 1.82) is 0 Å². The summed E-state index contributed by atoms with van der Waals surface area (Å²) >= 11 is 0. The zero-order valence-corrected chi connectivity index (χ0v) is 12.3. The van der Waals surface area contributed by atoms with Gasteiger partial charge < -0.3 is 10.0 Å². The fourth-order valence-corrected chi connectivity index (χ4v) is 2.34. The van der Waals surface area contributed by atoms with Crippen LogP contribution < -0.4 is 0 Å². The summed E-state index contributed by atoms with van der Waals surface area (Å²) in [7, 11) is 2.06. The van der Waals surface area contributed by atoms with Crippen LogP contribution in [0, 0.1) is 11.7 Å². The molecule has 19 heavy (non-hydrogen) atoms. The van der Waals surface area contributed by atoms with Crippen molar-refractivity contribution in [2.24, 2.45) is 5.92 Å². The number of unbranched alkanes of at least 4 members (excludes halogenated alkanes) is 2. The van der Waals surface area contributed by atoms with E-state index in [4.69, 9.17) is 0 Å². The van der Waals surface area contributed by atoms with Gasteiger partial charge in [-0.05, 0) is 32.0 Å². The predicted octanol–water partition coefficient (Wildman–Crippen LogP) is 3.62. The average Bonchev–Trinajstić information content (AvgIpc) is 2.38. The normalized spacial score (nSPS) is 14.6. The smallest absolute Gasteiger partial charge is 0.129 e. The van der Waals surface area contributed by atoms with Gasteiger partial charge in [0.05, 0.1) is 6.10 Å². The van der Waals surface area contributed by atoms with Crippen molar-refractivity contribution in [3.05, 3.63) is 35.6 Å². The molecule has 0 saturated heterocycles. The fraction of sp³-hybridized carbons (Fsp3) is 0.625. The molecule has 0 aliphatic heterocycles. The largest absolute Gasteiger partial charge is 0.388 e. The molecule has 0 fully saturated rings. The lowest BCUT2D eigenvalue weighted by molar-refractivity contribution is 0.0913. The molecule has 3 heteroatoms. The van der Waals surface area contributed by atoms with Crippen molar-refractivity contribution < 1.29 is 9.50 Å². The van der Waals surface area contributed by atoms with Crippen LogP contribution >= 0.6 is 0 Å². The van der Waals surface area contributed by atoms with E-state index < -0.39 is 6.10 Å². The lowest BCUT2D eigenvalue weighted by Crippen LogP contribution is -2.28. The molecule has 1 N–H and O–H groups in total. The first-order valence-electron chi connectivity index (χ1n) is 7.17. The molecule has 1 rings (SSSR count). The number of hydrogen-bond acceptors (Lipinski definition) is 2. The molecule has 0 saturated carbocycles. The highest BCUT2D eigenvalue weighted by Crippen LogP contribution is 2.24. The molecule has 0 heterocycles. The van der Waals surface area contributed by atoms with Crippen LogP contribution in [0.5, 0.6) is 0 Å². The number of halogens is 1. The summed E-state index contributed by atoms with van der Waals surface area (Å²) in [5.74, 6) is -0.306. The van der Waals surface area contributed by atoms with Crippen molar-refractivity contribution in [1.82, 2.24) is 4.90 Å². The van der Waals surface area contributed by atoms with Crippen LogP contribution in [0.1, 0.15) is 44.8 Å². The lowest BCUT2D eigenvalue weighted by Gasteiger charge is -2.25. The van der Waals surface area contributed by atoms with Crippen LogP contribution in [0.4, 0.5) is 4.39 Å². The second kappa shape index (κ2) is 8.28. The summed E-state index contributed by atoms with van der Waals surface area (Å²) in [6, 6.07) is 6.47. The Labute approximate surface area is 116 Å². The van der Waals surface area contributed by atoms with Crippen LogP contribution in [0.15, 0.2) is 24.3 Å². The van der Waals surface area contributed by atoms with Crippen molar-refractivity contribution in [2.45, 2.75) is 39.2 Å². The summed E-state index contributed by atoms with van der Waals surface area (Å²) in [5.41, 5.74) is 0.400. The van der Waals surface area contributed by atoms with E-state index in [2.05, 4.69) is 18.9 Å². The van der Waals surface area contributed by atoms with E-state index in [0.29, 0.717) is 5.56 Å². The van der Waals surface area contributed by atoms with Gasteiger partial charge in [-0.25, -0.2) is 4.39 Å². The number of nitrogens with zero attached hydrogens (tertiary/aromatic N) is 1. The molecule has 0 spiro atoms. The Morgan fingerprint density at radius 1 is 1.26 bits per heavy atom. The Bertz CT molecular complexity index is 370. The highest BCUT2D eigenvalue weighted by Gasteiger charge is 2.20. The molecule has 0 aliphatic rings. The van der Waals surface area contributed by atoms with Gasteiger partial charge in [-0.3, -0.25) is 0 Å². The van der Waals surface area contributed by atoms with Gasteiger partial charge in [0.25, 0.3) is 0 Å². The topological polar surface area (TPSA) is 23.5 Å².